The first-order valence-electron chi connectivity index (χ1n) is 6.82. The molecule has 1 aromatic carbocycles. The van der Waals surface area contributed by atoms with Crippen molar-refractivity contribution < 1.29 is 9.21 Å². The second kappa shape index (κ2) is 5.90. The Morgan fingerprint density at radius 1 is 1.20 bits per heavy atom. The minimum Gasteiger partial charge on any atom is -0.445 e. The van der Waals surface area contributed by atoms with Crippen LogP contribution in [0.5, 0.6) is 0 Å². The smallest absolute Gasteiger partial charge is 0.274 e. The van der Waals surface area contributed by atoms with Gasteiger partial charge in [0, 0.05) is 5.92 Å². The van der Waals surface area contributed by atoms with Gasteiger partial charge >= 0.3 is 0 Å². The summed E-state index contributed by atoms with van der Waals surface area (Å²) in [5, 5.41) is 2.94. The highest BCUT2D eigenvalue weighted by atomic mass is 16.4. The number of hydrogen-bond acceptors (Lipinski definition) is 3. The van der Waals surface area contributed by atoms with E-state index in [0.29, 0.717) is 17.3 Å². The number of rotatable bonds is 4. The summed E-state index contributed by atoms with van der Waals surface area (Å²) in [5.74, 6) is 1.13. The van der Waals surface area contributed by atoms with Crippen molar-refractivity contribution in [2.75, 3.05) is 0 Å². The Hall–Kier alpha value is -2.10. The minimum atomic E-state index is -0.200. The third kappa shape index (κ3) is 3.07. The van der Waals surface area contributed by atoms with E-state index < -0.39 is 0 Å². The van der Waals surface area contributed by atoms with Crippen molar-refractivity contribution in [2.45, 2.75) is 39.7 Å². The fraction of sp³-hybridized carbons (Fsp3) is 0.375. The summed E-state index contributed by atoms with van der Waals surface area (Å²) in [6.45, 7) is 7.69. The van der Waals surface area contributed by atoms with Crippen LogP contribution >= 0.6 is 0 Å². The molecule has 1 atom stereocenters. The molecule has 0 aliphatic heterocycles. The van der Waals surface area contributed by atoms with Gasteiger partial charge in [0.1, 0.15) is 5.76 Å². The molecule has 106 valence electrons. The lowest BCUT2D eigenvalue weighted by molar-refractivity contribution is 0.0934. The maximum absolute atomic E-state index is 12.3. The first-order chi connectivity index (χ1) is 9.49. The normalized spacial score (nSPS) is 12.4. The van der Waals surface area contributed by atoms with Crippen LogP contribution in [0.1, 0.15) is 60.4 Å². The molecule has 0 aliphatic rings. The summed E-state index contributed by atoms with van der Waals surface area (Å²) in [5.41, 5.74) is 1.43. The molecule has 2 aromatic rings. The highest BCUT2D eigenvalue weighted by Gasteiger charge is 2.20. The molecule has 0 aliphatic carbocycles. The zero-order valence-electron chi connectivity index (χ0n) is 12.3. The van der Waals surface area contributed by atoms with Gasteiger partial charge in [-0.25, -0.2) is 4.98 Å². The molecule has 1 unspecified atom stereocenters. The maximum Gasteiger partial charge on any atom is 0.274 e. The van der Waals surface area contributed by atoms with Gasteiger partial charge in [-0.15, -0.1) is 0 Å². The van der Waals surface area contributed by atoms with Gasteiger partial charge in [0.2, 0.25) is 0 Å². The van der Waals surface area contributed by atoms with Crippen molar-refractivity contribution in [3.8, 4) is 0 Å². The van der Waals surface area contributed by atoms with Gasteiger partial charge in [0.05, 0.1) is 6.04 Å². The number of nitrogens with one attached hydrogen (secondary N) is 1. The first-order valence-corrected chi connectivity index (χ1v) is 6.82. The number of hydrogen-bond donors (Lipinski definition) is 1. The molecular formula is C16H20N2O2. The summed E-state index contributed by atoms with van der Waals surface area (Å²) in [6, 6.07) is 9.77. The minimum absolute atomic E-state index is 0.0673. The number of nitrogens with zero attached hydrogens (tertiary/aromatic N) is 1. The summed E-state index contributed by atoms with van der Waals surface area (Å²) >= 11 is 0. The van der Waals surface area contributed by atoms with Crippen LogP contribution in [0.3, 0.4) is 0 Å². The predicted octanol–water partition coefficient (Wildman–Crippen LogP) is 3.60. The van der Waals surface area contributed by atoms with Gasteiger partial charge in [-0.1, -0.05) is 44.2 Å². The van der Waals surface area contributed by atoms with Crippen molar-refractivity contribution in [3.05, 3.63) is 53.2 Å². The zero-order chi connectivity index (χ0) is 14.7. The number of amides is 1. The fourth-order valence-electron chi connectivity index (χ4n) is 1.96. The fourth-order valence-corrected chi connectivity index (χ4v) is 1.96. The molecule has 0 saturated heterocycles. The van der Waals surface area contributed by atoms with Crippen LogP contribution in [0.2, 0.25) is 0 Å². The van der Waals surface area contributed by atoms with Crippen molar-refractivity contribution >= 4 is 5.91 Å². The molecular weight excluding hydrogens is 252 g/mol. The quantitative estimate of drug-likeness (QED) is 0.925. The molecule has 1 aromatic heterocycles. The van der Waals surface area contributed by atoms with Gasteiger partial charge in [-0.2, -0.15) is 0 Å². The lowest BCUT2D eigenvalue weighted by Gasteiger charge is -2.13. The van der Waals surface area contributed by atoms with Crippen molar-refractivity contribution in [2.24, 2.45) is 0 Å². The van der Waals surface area contributed by atoms with Crippen LogP contribution in [-0.4, -0.2) is 10.9 Å². The Bertz CT molecular complexity index is 588. The summed E-state index contributed by atoms with van der Waals surface area (Å²) in [7, 11) is 0. The summed E-state index contributed by atoms with van der Waals surface area (Å²) < 4.78 is 5.51. The van der Waals surface area contributed by atoms with Gasteiger partial charge < -0.3 is 9.73 Å². The highest BCUT2D eigenvalue weighted by Crippen LogP contribution is 2.19. The Kier molecular flexibility index (Phi) is 4.23. The second-order valence-corrected chi connectivity index (χ2v) is 5.22. The van der Waals surface area contributed by atoms with Gasteiger partial charge in [-0.3, -0.25) is 4.79 Å². The van der Waals surface area contributed by atoms with E-state index >= 15 is 0 Å². The number of carbonyl (C=O) groups is 1. The van der Waals surface area contributed by atoms with Crippen LogP contribution < -0.4 is 5.32 Å². The largest absolute Gasteiger partial charge is 0.445 e. The molecule has 0 spiro atoms. The van der Waals surface area contributed by atoms with Crippen LogP contribution in [0.25, 0.3) is 0 Å². The third-order valence-corrected chi connectivity index (χ3v) is 3.17. The van der Waals surface area contributed by atoms with Crippen LogP contribution in [-0.2, 0) is 0 Å². The van der Waals surface area contributed by atoms with E-state index in [9.17, 15) is 4.79 Å². The molecule has 0 saturated carbocycles. The standard InChI is InChI=1S/C16H20N2O2/c1-10(2)16-18-14(12(4)20-16)15(19)17-11(3)13-8-6-5-7-9-13/h5-11H,1-4H3,(H,17,19). The van der Waals surface area contributed by atoms with Crippen molar-refractivity contribution in [1.29, 1.82) is 0 Å². The number of aromatic nitrogens is 1. The molecule has 1 N–H and O–H groups in total. The van der Waals surface area contributed by atoms with Crippen LogP contribution in [0.15, 0.2) is 34.7 Å². The SMILES string of the molecule is Cc1oc(C(C)C)nc1C(=O)NC(C)c1ccccc1. The molecule has 0 fully saturated rings. The van der Waals surface area contributed by atoms with Gasteiger partial charge in [-0.05, 0) is 19.4 Å². The zero-order valence-corrected chi connectivity index (χ0v) is 12.3. The topological polar surface area (TPSA) is 55.1 Å². The van der Waals surface area contributed by atoms with Crippen LogP contribution in [0, 0.1) is 6.92 Å². The number of benzene rings is 1. The molecule has 0 radical (unpaired) electrons. The molecule has 4 heteroatoms. The molecule has 4 nitrogen and oxygen atoms in total. The average molecular weight is 272 g/mol. The average Bonchev–Trinajstić information content (AvgIpc) is 2.82. The molecule has 0 bridgehead atoms. The maximum atomic E-state index is 12.3. The summed E-state index contributed by atoms with van der Waals surface area (Å²) in [6.07, 6.45) is 0. The lowest BCUT2D eigenvalue weighted by atomic mass is 10.1. The van der Waals surface area contributed by atoms with E-state index in [2.05, 4.69) is 10.3 Å². The van der Waals surface area contributed by atoms with E-state index in [0.717, 1.165) is 5.56 Å². The van der Waals surface area contributed by atoms with Gasteiger partial charge in [0.25, 0.3) is 5.91 Å². The molecule has 2 rings (SSSR count). The Morgan fingerprint density at radius 2 is 1.85 bits per heavy atom. The van der Waals surface area contributed by atoms with E-state index in [1.807, 2.05) is 51.1 Å². The second-order valence-electron chi connectivity index (χ2n) is 5.22. The number of carbonyl (C=O) groups excluding carboxylic acids is 1. The molecule has 20 heavy (non-hydrogen) atoms. The molecule has 1 amide bonds. The molecule has 1 heterocycles. The monoisotopic (exact) mass is 272 g/mol. The highest BCUT2D eigenvalue weighted by molar-refractivity contribution is 5.93. The summed E-state index contributed by atoms with van der Waals surface area (Å²) in [4.78, 5) is 16.5. The van der Waals surface area contributed by atoms with E-state index in [4.69, 9.17) is 4.42 Å². The van der Waals surface area contributed by atoms with Gasteiger partial charge in [0.15, 0.2) is 11.6 Å². The van der Waals surface area contributed by atoms with Crippen LogP contribution in [0.4, 0.5) is 0 Å². The Balaban J connectivity index is 2.12. The van der Waals surface area contributed by atoms with E-state index in [1.54, 1.807) is 6.92 Å². The number of oxazole rings is 1. The third-order valence-electron chi connectivity index (χ3n) is 3.17. The Morgan fingerprint density at radius 3 is 2.40 bits per heavy atom. The van der Waals surface area contributed by atoms with Crippen molar-refractivity contribution in [3.63, 3.8) is 0 Å². The lowest BCUT2D eigenvalue weighted by Crippen LogP contribution is -2.27. The van der Waals surface area contributed by atoms with E-state index in [-0.39, 0.29) is 17.9 Å². The predicted molar refractivity (Wildman–Crippen MR) is 77.7 cm³/mol. The first kappa shape index (κ1) is 14.3. The number of aryl methyl sites for hydroxylation is 1. The van der Waals surface area contributed by atoms with E-state index in [1.165, 1.54) is 0 Å². The Labute approximate surface area is 119 Å². The van der Waals surface area contributed by atoms with Crippen molar-refractivity contribution in [1.82, 2.24) is 10.3 Å².